The van der Waals surface area contributed by atoms with Crippen molar-refractivity contribution in [3.63, 3.8) is 0 Å². The van der Waals surface area contributed by atoms with Gasteiger partial charge >= 0.3 is 0 Å². The number of H-pyrrole nitrogens is 1. The molecule has 2 N–H and O–H groups in total. The molecule has 0 unspecified atom stereocenters. The zero-order valence-electron chi connectivity index (χ0n) is 10.6. The second kappa shape index (κ2) is 5.67. The fourth-order valence-electron chi connectivity index (χ4n) is 1.58. The van der Waals surface area contributed by atoms with Gasteiger partial charge < -0.3 is 0 Å². The molecule has 0 fully saturated rings. The predicted molar refractivity (Wildman–Crippen MR) is 76.9 cm³/mol. The van der Waals surface area contributed by atoms with E-state index in [1.807, 2.05) is 25.1 Å². The Morgan fingerprint density at radius 3 is 2.84 bits per heavy atom. The summed E-state index contributed by atoms with van der Waals surface area (Å²) in [6.45, 7) is 3.56. The molecule has 5 nitrogen and oxygen atoms in total. The molecule has 0 aliphatic rings. The summed E-state index contributed by atoms with van der Waals surface area (Å²) in [5, 5.41) is 4.78. The first-order chi connectivity index (χ1) is 9.06. The predicted octanol–water partition coefficient (Wildman–Crippen LogP) is 2.57. The summed E-state index contributed by atoms with van der Waals surface area (Å²) in [5.41, 5.74) is 4.64. The summed E-state index contributed by atoms with van der Waals surface area (Å²) in [6, 6.07) is 8.81. The topological polar surface area (TPSA) is 70.1 Å². The van der Waals surface area contributed by atoms with Gasteiger partial charge in [0.05, 0.1) is 5.71 Å². The molecule has 0 aliphatic carbocycles. The highest BCUT2D eigenvalue weighted by atomic mass is 35.5. The van der Waals surface area contributed by atoms with E-state index in [1.54, 1.807) is 13.0 Å². The van der Waals surface area contributed by atoms with Gasteiger partial charge in [-0.05, 0) is 19.9 Å². The van der Waals surface area contributed by atoms with Crippen LogP contribution in [0.1, 0.15) is 18.2 Å². The van der Waals surface area contributed by atoms with Crippen molar-refractivity contribution in [3.8, 4) is 0 Å². The van der Waals surface area contributed by atoms with Gasteiger partial charge in [0.15, 0.2) is 0 Å². The average molecular weight is 277 g/mol. The third-order valence-electron chi connectivity index (χ3n) is 2.46. The fraction of sp³-hybridized carbons (Fsp3) is 0.154. The van der Waals surface area contributed by atoms with Crippen LogP contribution in [0, 0.1) is 6.92 Å². The number of hydrogen-bond donors (Lipinski definition) is 2. The van der Waals surface area contributed by atoms with Crippen molar-refractivity contribution >= 4 is 23.3 Å². The van der Waals surface area contributed by atoms with E-state index in [1.165, 1.54) is 6.07 Å². The molecule has 0 bridgehead atoms. The maximum absolute atomic E-state index is 11.3. The van der Waals surface area contributed by atoms with Crippen LogP contribution in [0.25, 0.3) is 0 Å². The Bertz CT molecular complexity index is 678. The molecular formula is C13H13ClN4O. The van der Waals surface area contributed by atoms with Crippen LogP contribution < -0.4 is 11.0 Å². The lowest BCUT2D eigenvalue weighted by Gasteiger charge is -2.04. The SMILES string of the molecule is C/C(=N/Nc1nc(C)cc(=O)[nH]1)c1ccccc1Cl. The monoisotopic (exact) mass is 276 g/mol. The largest absolute Gasteiger partial charge is 0.291 e. The van der Waals surface area contributed by atoms with Crippen molar-refractivity contribution in [3.05, 3.63) is 57.0 Å². The van der Waals surface area contributed by atoms with Crippen molar-refractivity contribution in [2.24, 2.45) is 5.10 Å². The molecule has 0 amide bonds. The van der Waals surface area contributed by atoms with Crippen molar-refractivity contribution in [2.75, 3.05) is 5.43 Å². The van der Waals surface area contributed by atoms with E-state index in [0.717, 1.165) is 5.56 Å². The second-order valence-electron chi connectivity index (χ2n) is 4.02. The Kier molecular flexibility index (Phi) is 3.97. The number of rotatable bonds is 3. The molecule has 0 aliphatic heterocycles. The fourth-order valence-corrected chi connectivity index (χ4v) is 1.86. The lowest BCUT2D eigenvalue weighted by atomic mass is 10.1. The van der Waals surface area contributed by atoms with E-state index in [-0.39, 0.29) is 5.56 Å². The van der Waals surface area contributed by atoms with E-state index in [4.69, 9.17) is 11.6 Å². The second-order valence-corrected chi connectivity index (χ2v) is 4.43. The minimum absolute atomic E-state index is 0.222. The Hall–Kier alpha value is -2.14. The van der Waals surface area contributed by atoms with E-state index in [9.17, 15) is 4.79 Å². The lowest BCUT2D eigenvalue weighted by Crippen LogP contribution is -2.11. The van der Waals surface area contributed by atoms with E-state index < -0.39 is 0 Å². The standard InChI is InChI=1S/C13H13ClN4O/c1-8-7-12(19)16-13(15-8)18-17-9(2)10-5-3-4-6-11(10)14/h3-7H,1-2H3,(H2,15,16,18,19)/b17-9-. The Balaban J connectivity index is 2.23. The van der Waals surface area contributed by atoms with Gasteiger partial charge in [0.1, 0.15) is 0 Å². The minimum atomic E-state index is -0.222. The van der Waals surface area contributed by atoms with Crippen molar-refractivity contribution < 1.29 is 0 Å². The van der Waals surface area contributed by atoms with Gasteiger partial charge in [0.2, 0.25) is 5.95 Å². The molecule has 98 valence electrons. The van der Waals surface area contributed by atoms with Gasteiger partial charge in [-0.1, -0.05) is 29.8 Å². The van der Waals surface area contributed by atoms with Gasteiger partial charge in [-0.15, -0.1) is 0 Å². The number of aromatic amines is 1. The zero-order valence-corrected chi connectivity index (χ0v) is 11.3. The van der Waals surface area contributed by atoms with Gasteiger partial charge in [-0.2, -0.15) is 5.10 Å². The van der Waals surface area contributed by atoms with Crippen LogP contribution in [-0.2, 0) is 0 Å². The van der Waals surface area contributed by atoms with Crippen LogP contribution in [-0.4, -0.2) is 15.7 Å². The number of aryl methyl sites for hydroxylation is 1. The molecule has 19 heavy (non-hydrogen) atoms. The van der Waals surface area contributed by atoms with Gasteiger partial charge in [0.25, 0.3) is 5.56 Å². The van der Waals surface area contributed by atoms with Crippen molar-refractivity contribution in [1.29, 1.82) is 0 Å². The maximum Gasteiger partial charge on any atom is 0.252 e. The first-order valence-electron chi connectivity index (χ1n) is 5.69. The molecule has 0 radical (unpaired) electrons. The van der Waals surface area contributed by atoms with Gasteiger partial charge in [0, 0.05) is 22.3 Å². The molecule has 2 rings (SSSR count). The third-order valence-corrected chi connectivity index (χ3v) is 2.79. The molecule has 0 atom stereocenters. The smallest absolute Gasteiger partial charge is 0.252 e. The van der Waals surface area contributed by atoms with Gasteiger partial charge in [-0.25, -0.2) is 10.4 Å². The molecule has 2 aromatic rings. The number of nitrogens with one attached hydrogen (secondary N) is 2. The third kappa shape index (κ3) is 3.42. The van der Waals surface area contributed by atoms with Crippen molar-refractivity contribution in [2.45, 2.75) is 13.8 Å². The summed E-state index contributed by atoms with van der Waals surface area (Å²) >= 11 is 6.07. The molecule has 6 heteroatoms. The van der Waals surface area contributed by atoms with Crippen LogP contribution in [0.3, 0.4) is 0 Å². The molecule has 0 saturated heterocycles. The summed E-state index contributed by atoms with van der Waals surface area (Å²) in [5.74, 6) is 0.302. The highest BCUT2D eigenvalue weighted by Gasteiger charge is 2.03. The number of aromatic nitrogens is 2. The zero-order chi connectivity index (χ0) is 13.8. The summed E-state index contributed by atoms with van der Waals surface area (Å²) in [6.07, 6.45) is 0. The Morgan fingerprint density at radius 2 is 2.16 bits per heavy atom. The first kappa shape index (κ1) is 13.3. The highest BCUT2D eigenvalue weighted by Crippen LogP contribution is 2.15. The van der Waals surface area contributed by atoms with E-state index >= 15 is 0 Å². The average Bonchev–Trinajstić information content (AvgIpc) is 2.35. The first-order valence-corrected chi connectivity index (χ1v) is 6.07. The molecule has 1 heterocycles. The molecule has 1 aromatic carbocycles. The summed E-state index contributed by atoms with van der Waals surface area (Å²) in [7, 11) is 0. The normalized spacial score (nSPS) is 11.4. The Morgan fingerprint density at radius 1 is 1.42 bits per heavy atom. The highest BCUT2D eigenvalue weighted by molar-refractivity contribution is 6.34. The number of hydrazone groups is 1. The van der Waals surface area contributed by atoms with Crippen LogP contribution in [0.15, 0.2) is 40.2 Å². The molecule has 1 aromatic heterocycles. The summed E-state index contributed by atoms with van der Waals surface area (Å²) in [4.78, 5) is 17.9. The molecule has 0 spiro atoms. The quantitative estimate of drug-likeness (QED) is 0.669. The lowest BCUT2D eigenvalue weighted by molar-refractivity contribution is 1.04. The van der Waals surface area contributed by atoms with Crippen LogP contribution >= 0.6 is 11.6 Å². The number of hydrogen-bond acceptors (Lipinski definition) is 4. The summed E-state index contributed by atoms with van der Waals surface area (Å²) < 4.78 is 0. The number of benzene rings is 1. The van der Waals surface area contributed by atoms with E-state index in [0.29, 0.717) is 22.4 Å². The van der Waals surface area contributed by atoms with Crippen LogP contribution in [0.4, 0.5) is 5.95 Å². The van der Waals surface area contributed by atoms with Gasteiger partial charge in [-0.3, -0.25) is 9.78 Å². The Labute approximate surface area is 115 Å². The minimum Gasteiger partial charge on any atom is -0.291 e. The van der Waals surface area contributed by atoms with Crippen LogP contribution in [0.2, 0.25) is 5.02 Å². The van der Waals surface area contributed by atoms with Crippen molar-refractivity contribution in [1.82, 2.24) is 9.97 Å². The van der Waals surface area contributed by atoms with E-state index in [2.05, 4.69) is 20.5 Å². The van der Waals surface area contributed by atoms with Crippen LogP contribution in [0.5, 0.6) is 0 Å². The number of anilines is 1. The maximum atomic E-state index is 11.3. The number of halogens is 1. The molecular weight excluding hydrogens is 264 g/mol. The number of nitrogens with zero attached hydrogens (tertiary/aromatic N) is 2. The molecule has 0 saturated carbocycles.